The third kappa shape index (κ3) is 5.97. The third-order valence-corrected chi connectivity index (χ3v) is 5.41. The number of sulfonamides is 1. The van der Waals surface area contributed by atoms with Crippen molar-refractivity contribution in [3.05, 3.63) is 59.7 Å². The van der Waals surface area contributed by atoms with Crippen LogP contribution in [0.2, 0.25) is 0 Å². The fraction of sp³-hybridized carbons (Fsp3) is 0.350. The van der Waals surface area contributed by atoms with Gasteiger partial charge in [-0.25, -0.2) is 13.1 Å². The van der Waals surface area contributed by atoms with Crippen molar-refractivity contribution < 1.29 is 13.2 Å². The molecule has 0 atom stereocenters. The van der Waals surface area contributed by atoms with Crippen molar-refractivity contribution in [3.8, 4) is 0 Å². The zero-order valence-electron chi connectivity index (χ0n) is 15.5. The molecule has 6 heteroatoms. The maximum absolute atomic E-state index is 12.2. The molecule has 0 fully saturated rings. The van der Waals surface area contributed by atoms with E-state index in [1.165, 1.54) is 0 Å². The second-order valence-electron chi connectivity index (χ2n) is 6.75. The normalized spacial score (nSPS) is 11.5. The second-order valence-corrected chi connectivity index (χ2v) is 8.52. The number of aryl methyl sites for hydroxylation is 2. The van der Waals surface area contributed by atoms with Gasteiger partial charge in [-0.2, -0.15) is 0 Å². The minimum absolute atomic E-state index is 0.0606. The van der Waals surface area contributed by atoms with Gasteiger partial charge in [-0.15, -0.1) is 0 Å². The van der Waals surface area contributed by atoms with Gasteiger partial charge in [-0.05, 0) is 48.6 Å². The van der Waals surface area contributed by atoms with Gasteiger partial charge in [0.05, 0.1) is 4.90 Å². The number of carbonyl (C=O) groups excluding carboxylic acids is 1. The Morgan fingerprint density at radius 3 is 2.31 bits per heavy atom. The van der Waals surface area contributed by atoms with Gasteiger partial charge >= 0.3 is 0 Å². The maximum Gasteiger partial charge on any atom is 0.240 e. The molecule has 0 aliphatic carbocycles. The standard InChI is InChI=1S/C20H26N2O3S/c1-15(2)14-21-26(24,25)18-11-8-17(9-12-18)10-13-20(23)22-19-7-5-4-6-16(19)3/h4-9,11-12,15,21H,10,13-14H2,1-3H3,(H,22,23). The summed E-state index contributed by atoms with van der Waals surface area (Å²) in [6.45, 7) is 6.26. The first-order valence-electron chi connectivity index (χ1n) is 8.72. The first-order chi connectivity index (χ1) is 12.3. The van der Waals surface area contributed by atoms with E-state index in [4.69, 9.17) is 0 Å². The molecule has 0 unspecified atom stereocenters. The van der Waals surface area contributed by atoms with Crippen LogP contribution in [0.15, 0.2) is 53.4 Å². The van der Waals surface area contributed by atoms with Crippen molar-refractivity contribution in [3.63, 3.8) is 0 Å². The zero-order chi connectivity index (χ0) is 19.2. The van der Waals surface area contributed by atoms with Crippen LogP contribution in [0.3, 0.4) is 0 Å². The number of nitrogens with one attached hydrogen (secondary N) is 2. The number of rotatable bonds is 8. The Balaban J connectivity index is 1.91. The lowest BCUT2D eigenvalue weighted by molar-refractivity contribution is -0.116. The fourth-order valence-corrected chi connectivity index (χ4v) is 3.59. The van der Waals surface area contributed by atoms with Crippen molar-refractivity contribution >= 4 is 21.6 Å². The van der Waals surface area contributed by atoms with Crippen LogP contribution in [0.5, 0.6) is 0 Å². The topological polar surface area (TPSA) is 75.3 Å². The summed E-state index contributed by atoms with van der Waals surface area (Å²) in [6.07, 6.45) is 0.892. The van der Waals surface area contributed by atoms with Gasteiger partial charge in [0.15, 0.2) is 0 Å². The smallest absolute Gasteiger partial charge is 0.240 e. The molecule has 1 amide bonds. The van der Waals surface area contributed by atoms with Gasteiger partial charge in [0.2, 0.25) is 15.9 Å². The lowest BCUT2D eigenvalue weighted by Crippen LogP contribution is -2.27. The molecule has 5 nitrogen and oxygen atoms in total. The van der Waals surface area contributed by atoms with Gasteiger partial charge in [0.25, 0.3) is 0 Å². The molecule has 26 heavy (non-hydrogen) atoms. The molecule has 0 radical (unpaired) electrons. The number of anilines is 1. The van der Waals surface area contributed by atoms with Crippen LogP contribution in [0.1, 0.15) is 31.4 Å². The first-order valence-corrected chi connectivity index (χ1v) is 10.2. The molecule has 0 aliphatic heterocycles. The van der Waals surface area contributed by atoms with Crippen molar-refractivity contribution in [2.45, 2.75) is 38.5 Å². The van der Waals surface area contributed by atoms with Crippen LogP contribution in [0.4, 0.5) is 5.69 Å². The molecular formula is C20H26N2O3S. The lowest BCUT2D eigenvalue weighted by atomic mass is 10.1. The van der Waals surface area contributed by atoms with E-state index in [0.717, 1.165) is 16.8 Å². The predicted molar refractivity (Wildman–Crippen MR) is 105 cm³/mol. The van der Waals surface area contributed by atoms with E-state index in [1.54, 1.807) is 24.3 Å². The Kier molecular flexibility index (Phi) is 6.94. The number of hydrogen-bond donors (Lipinski definition) is 2. The maximum atomic E-state index is 12.2. The summed E-state index contributed by atoms with van der Waals surface area (Å²) < 4.78 is 26.9. The summed E-state index contributed by atoms with van der Waals surface area (Å²) in [7, 11) is -3.48. The molecule has 2 N–H and O–H groups in total. The third-order valence-electron chi connectivity index (χ3n) is 3.98. The van der Waals surface area contributed by atoms with E-state index in [9.17, 15) is 13.2 Å². The lowest BCUT2D eigenvalue weighted by Gasteiger charge is -2.10. The quantitative estimate of drug-likeness (QED) is 0.742. The van der Waals surface area contributed by atoms with Crippen molar-refractivity contribution in [1.29, 1.82) is 0 Å². The summed E-state index contributed by atoms with van der Waals surface area (Å²) in [6, 6.07) is 14.3. The summed E-state index contributed by atoms with van der Waals surface area (Å²) in [5.41, 5.74) is 2.76. The van der Waals surface area contributed by atoms with Crippen LogP contribution >= 0.6 is 0 Å². The average Bonchev–Trinajstić information content (AvgIpc) is 2.61. The Morgan fingerprint density at radius 1 is 1.04 bits per heavy atom. The van der Waals surface area contributed by atoms with E-state index in [1.807, 2.05) is 45.0 Å². The molecule has 0 aromatic heterocycles. The Morgan fingerprint density at radius 2 is 1.69 bits per heavy atom. The molecule has 2 aromatic carbocycles. The highest BCUT2D eigenvalue weighted by atomic mass is 32.2. The van der Waals surface area contributed by atoms with Crippen LogP contribution in [-0.4, -0.2) is 20.9 Å². The summed E-state index contributed by atoms with van der Waals surface area (Å²) in [5, 5.41) is 2.90. The monoisotopic (exact) mass is 374 g/mol. The van der Waals surface area contributed by atoms with Gasteiger partial charge in [0.1, 0.15) is 0 Å². The van der Waals surface area contributed by atoms with Gasteiger partial charge < -0.3 is 5.32 Å². The predicted octanol–water partition coefficient (Wildman–Crippen LogP) is 3.50. The Bertz CT molecular complexity index is 844. The zero-order valence-corrected chi connectivity index (χ0v) is 16.3. The molecule has 140 valence electrons. The van der Waals surface area contributed by atoms with Crippen molar-refractivity contribution in [1.82, 2.24) is 4.72 Å². The van der Waals surface area contributed by atoms with Crippen LogP contribution in [-0.2, 0) is 21.2 Å². The van der Waals surface area contributed by atoms with Crippen molar-refractivity contribution in [2.24, 2.45) is 5.92 Å². The fourth-order valence-electron chi connectivity index (χ4n) is 2.38. The highest BCUT2D eigenvalue weighted by Gasteiger charge is 2.14. The first kappa shape index (κ1) is 20.1. The van der Waals surface area contributed by atoms with Gasteiger partial charge in [-0.1, -0.05) is 44.2 Å². The highest BCUT2D eigenvalue weighted by Crippen LogP contribution is 2.15. The Labute approximate surface area is 155 Å². The number of benzene rings is 2. The molecule has 2 rings (SSSR count). The number of hydrogen-bond acceptors (Lipinski definition) is 3. The van der Waals surface area contributed by atoms with Crippen LogP contribution in [0.25, 0.3) is 0 Å². The van der Waals surface area contributed by atoms with Gasteiger partial charge in [-0.3, -0.25) is 4.79 Å². The highest BCUT2D eigenvalue weighted by molar-refractivity contribution is 7.89. The summed E-state index contributed by atoms with van der Waals surface area (Å²) in [4.78, 5) is 12.3. The largest absolute Gasteiger partial charge is 0.326 e. The molecule has 0 saturated carbocycles. The van der Waals surface area contributed by atoms with E-state index >= 15 is 0 Å². The molecule has 0 saturated heterocycles. The van der Waals surface area contributed by atoms with Gasteiger partial charge in [0, 0.05) is 18.7 Å². The average molecular weight is 375 g/mol. The molecule has 2 aromatic rings. The van der Waals surface area contributed by atoms with E-state index in [0.29, 0.717) is 19.4 Å². The van der Waals surface area contributed by atoms with E-state index in [2.05, 4.69) is 10.0 Å². The molecule has 0 spiro atoms. The molecule has 0 aliphatic rings. The summed E-state index contributed by atoms with van der Waals surface area (Å²) >= 11 is 0. The van der Waals surface area contributed by atoms with Crippen LogP contribution in [0, 0.1) is 12.8 Å². The second kappa shape index (κ2) is 8.96. The minimum Gasteiger partial charge on any atom is -0.326 e. The van der Waals surface area contributed by atoms with E-state index < -0.39 is 10.0 Å². The molecule has 0 heterocycles. The Hall–Kier alpha value is -2.18. The molecule has 0 bridgehead atoms. The minimum atomic E-state index is -3.48. The SMILES string of the molecule is Cc1ccccc1NC(=O)CCc1ccc(S(=O)(=O)NCC(C)C)cc1. The number of amides is 1. The van der Waals surface area contributed by atoms with Crippen molar-refractivity contribution in [2.75, 3.05) is 11.9 Å². The number of para-hydroxylation sites is 1. The molecular weight excluding hydrogens is 348 g/mol. The summed E-state index contributed by atoms with van der Waals surface area (Å²) in [5.74, 6) is 0.186. The number of carbonyl (C=O) groups is 1. The van der Waals surface area contributed by atoms with Crippen LogP contribution < -0.4 is 10.0 Å². The van der Waals surface area contributed by atoms with E-state index in [-0.39, 0.29) is 16.7 Å².